The maximum absolute atomic E-state index is 13.5. The zero-order chi connectivity index (χ0) is 13.7. The molecule has 0 saturated heterocycles. The molecule has 2 aromatic carbocycles. The van der Waals surface area contributed by atoms with Crippen molar-refractivity contribution in [1.29, 1.82) is 0 Å². The van der Waals surface area contributed by atoms with Gasteiger partial charge in [0.2, 0.25) is 0 Å². The predicted molar refractivity (Wildman–Crippen MR) is 75.8 cm³/mol. The molecule has 0 spiro atoms. The lowest BCUT2D eigenvalue weighted by Crippen LogP contribution is -2.12. The Morgan fingerprint density at radius 1 is 1.11 bits per heavy atom. The fourth-order valence-corrected chi connectivity index (χ4v) is 2.00. The molecule has 0 heterocycles. The lowest BCUT2D eigenvalue weighted by molar-refractivity contribution is 0.415. The minimum absolute atomic E-state index is 0.217. The van der Waals surface area contributed by atoms with Crippen molar-refractivity contribution in [2.75, 3.05) is 13.7 Å². The van der Waals surface area contributed by atoms with Crippen LogP contribution in [0.25, 0.3) is 11.1 Å². The summed E-state index contributed by atoms with van der Waals surface area (Å²) in [4.78, 5) is 0. The number of hydrogen-bond acceptors (Lipinski definition) is 2. The number of benzene rings is 2. The Balaban J connectivity index is 2.37. The van der Waals surface area contributed by atoms with Gasteiger partial charge < -0.3 is 10.1 Å². The summed E-state index contributed by atoms with van der Waals surface area (Å²) in [6.45, 7) is 3.67. The Morgan fingerprint density at radius 3 is 2.47 bits per heavy atom. The average Bonchev–Trinajstić information content (AvgIpc) is 2.46. The fourth-order valence-electron chi connectivity index (χ4n) is 2.00. The number of methoxy groups -OCH3 is 1. The molecule has 0 saturated carbocycles. The van der Waals surface area contributed by atoms with E-state index in [2.05, 4.69) is 12.2 Å². The van der Waals surface area contributed by atoms with E-state index in [0.717, 1.165) is 35.5 Å². The Hall–Kier alpha value is -1.87. The molecule has 0 aliphatic heterocycles. The van der Waals surface area contributed by atoms with Gasteiger partial charge in [0, 0.05) is 6.54 Å². The van der Waals surface area contributed by atoms with E-state index >= 15 is 0 Å². The van der Waals surface area contributed by atoms with Crippen LogP contribution in [0.4, 0.5) is 4.39 Å². The van der Waals surface area contributed by atoms with Crippen LogP contribution in [0.1, 0.15) is 12.5 Å². The van der Waals surface area contributed by atoms with Crippen molar-refractivity contribution in [2.24, 2.45) is 0 Å². The largest absolute Gasteiger partial charge is 0.497 e. The molecule has 100 valence electrons. The van der Waals surface area contributed by atoms with Crippen molar-refractivity contribution in [3.63, 3.8) is 0 Å². The molecule has 1 N–H and O–H groups in total. The second-order valence-electron chi connectivity index (χ2n) is 4.31. The molecule has 0 radical (unpaired) electrons. The first kappa shape index (κ1) is 13.6. The maximum atomic E-state index is 13.5. The van der Waals surface area contributed by atoms with Gasteiger partial charge in [-0.2, -0.15) is 0 Å². The van der Waals surface area contributed by atoms with Crippen LogP contribution in [0.2, 0.25) is 0 Å². The lowest BCUT2D eigenvalue weighted by Gasteiger charge is -2.11. The van der Waals surface area contributed by atoms with Gasteiger partial charge in [0.15, 0.2) is 0 Å². The van der Waals surface area contributed by atoms with Crippen LogP contribution in [0.5, 0.6) is 5.75 Å². The first-order chi connectivity index (χ1) is 9.24. The molecule has 2 rings (SSSR count). The van der Waals surface area contributed by atoms with Crippen LogP contribution in [-0.4, -0.2) is 13.7 Å². The van der Waals surface area contributed by atoms with Gasteiger partial charge in [-0.15, -0.1) is 0 Å². The summed E-state index contributed by atoms with van der Waals surface area (Å²) >= 11 is 0. The molecular weight excluding hydrogens is 241 g/mol. The van der Waals surface area contributed by atoms with Crippen molar-refractivity contribution < 1.29 is 9.13 Å². The Morgan fingerprint density at radius 2 is 1.84 bits per heavy atom. The van der Waals surface area contributed by atoms with Crippen LogP contribution in [0.15, 0.2) is 42.5 Å². The molecule has 0 aliphatic rings. The highest BCUT2D eigenvalue weighted by atomic mass is 19.1. The summed E-state index contributed by atoms with van der Waals surface area (Å²) < 4.78 is 18.6. The monoisotopic (exact) mass is 259 g/mol. The van der Waals surface area contributed by atoms with E-state index in [1.807, 2.05) is 30.3 Å². The highest BCUT2D eigenvalue weighted by Crippen LogP contribution is 2.26. The molecule has 19 heavy (non-hydrogen) atoms. The molecule has 0 amide bonds. The van der Waals surface area contributed by atoms with Gasteiger partial charge >= 0.3 is 0 Å². The van der Waals surface area contributed by atoms with Crippen LogP contribution >= 0.6 is 0 Å². The summed E-state index contributed by atoms with van der Waals surface area (Å²) in [5.74, 6) is 0.583. The van der Waals surface area contributed by atoms with Gasteiger partial charge in [-0.3, -0.25) is 0 Å². The summed E-state index contributed by atoms with van der Waals surface area (Å²) in [7, 11) is 1.63. The van der Waals surface area contributed by atoms with Gasteiger partial charge in [-0.25, -0.2) is 4.39 Å². The Labute approximate surface area is 113 Å². The molecular formula is C16H18FNO. The van der Waals surface area contributed by atoms with E-state index in [0.29, 0.717) is 0 Å². The number of halogens is 1. The van der Waals surface area contributed by atoms with Gasteiger partial charge in [0.05, 0.1) is 7.11 Å². The molecule has 0 unspecified atom stereocenters. The van der Waals surface area contributed by atoms with E-state index < -0.39 is 0 Å². The van der Waals surface area contributed by atoms with E-state index in [1.54, 1.807) is 13.2 Å². The van der Waals surface area contributed by atoms with Crippen LogP contribution < -0.4 is 10.1 Å². The third-order valence-electron chi connectivity index (χ3n) is 3.04. The second-order valence-corrected chi connectivity index (χ2v) is 4.31. The molecule has 0 aliphatic carbocycles. The summed E-state index contributed by atoms with van der Waals surface area (Å²) in [6, 6.07) is 12.6. The molecule has 0 fully saturated rings. The van der Waals surface area contributed by atoms with Crippen molar-refractivity contribution in [3.8, 4) is 16.9 Å². The summed E-state index contributed by atoms with van der Waals surface area (Å²) in [5, 5.41) is 3.27. The van der Waals surface area contributed by atoms with Crippen molar-refractivity contribution in [2.45, 2.75) is 13.5 Å². The lowest BCUT2D eigenvalue weighted by atomic mass is 9.99. The zero-order valence-corrected chi connectivity index (χ0v) is 11.2. The van der Waals surface area contributed by atoms with E-state index in [4.69, 9.17) is 4.74 Å². The fraction of sp³-hybridized carbons (Fsp3) is 0.250. The molecule has 2 aromatic rings. The van der Waals surface area contributed by atoms with Crippen molar-refractivity contribution in [3.05, 3.63) is 53.8 Å². The third kappa shape index (κ3) is 3.32. The highest BCUT2D eigenvalue weighted by Gasteiger charge is 2.06. The quantitative estimate of drug-likeness (QED) is 0.885. The molecule has 0 aromatic heterocycles. The Kier molecular flexibility index (Phi) is 4.53. The van der Waals surface area contributed by atoms with Crippen molar-refractivity contribution >= 4 is 0 Å². The van der Waals surface area contributed by atoms with Crippen LogP contribution in [0, 0.1) is 5.82 Å². The number of hydrogen-bond donors (Lipinski definition) is 1. The van der Waals surface area contributed by atoms with Crippen LogP contribution in [-0.2, 0) is 6.54 Å². The van der Waals surface area contributed by atoms with Crippen molar-refractivity contribution in [1.82, 2.24) is 5.32 Å². The third-order valence-corrected chi connectivity index (χ3v) is 3.04. The van der Waals surface area contributed by atoms with Crippen LogP contribution in [0.3, 0.4) is 0 Å². The molecule has 2 nitrogen and oxygen atoms in total. The van der Waals surface area contributed by atoms with Gasteiger partial charge in [0.25, 0.3) is 0 Å². The van der Waals surface area contributed by atoms with E-state index in [1.165, 1.54) is 6.07 Å². The summed E-state index contributed by atoms with van der Waals surface area (Å²) in [6.07, 6.45) is 0. The second kappa shape index (κ2) is 6.34. The van der Waals surface area contributed by atoms with E-state index in [9.17, 15) is 4.39 Å². The molecule has 0 atom stereocenters. The smallest absolute Gasteiger partial charge is 0.123 e. The maximum Gasteiger partial charge on any atom is 0.123 e. The normalized spacial score (nSPS) is 10.5. The van der Waals surface area contributed by atoms with Gasteiger partial charge in [-0.05, 0) is 47.5 Å². The average molecular weight is 259 g/mol. The standard InChI is InChI=1S/C16H18FNO/c1-3-18-11-13-4-7-14(17)10-16(13)12-5-8-15(19-2)9-6-12/h4-10,18H,3,11H2,1-2H3. The van der Waals surface area contributed by atoms with E-state index in [-0.39, 0.29) is 5.82 Å². The summed E-state index contributed by atoms with van der Waals surface area (Å²) in [5.41, 5.74) is 3.00. The van der Waals surface area contributed by atoms with Gasteiger partial charge in [-0.1, -0.05) is 25.1 Å². The zero-order valence-electron chi connectivity index (χ0n) is 11.2. The Bertz CT molecular complexity index is 537. The topological polar surface area (TPSA) is 21.3 Å². The molecule has 3 heteroatoms. The first-order valence-electron chi connectivity index (χ1n) is 6.38. The van der Waals surface area contributed by atoms with Gasteiger partial charge in [0.1, 0.15) is 11.6 Å². The predicted octanol–water partition coefficient (Wildman–Crippen LogP) is 3.61. The minimum atomic E-state index is -0.217. The SMILES string of the molecule is CCNCc1ccc(F)cc1-c1ccc(OC)cc1. The highest BCUT2D eigenvalue weighted by molar-refractivity contribution is 5.68. The number of rotatable bonds is 5. The molecule has 0 bridgehead atoms. The number of ether oxygens (including phenoxy) is 1. The minimum Gasteiger partial charge on any atom is -0.497 e. The number of nitrogens with one attached hydrogen (secondary N) is 1. The first-order valence-corrected chi connectivity index (χ1v) is 6.38.